The Labute approximate surface area is 214 Å². The molecular weight excluding hydrogens is 533 g/mol. The number of benzene rings is 1. The molecule has 1 aromatic carbocycles. The summed E-state index contributed by atoms with van der Waals surface area (Å²) >= 11 is 2.08. The molecule has 2 fully saturated rings. The smallest absolute Gasteiger partial charge is 0.225 e. The molecule has 1 unspecified atom stereocenters. The second-order valence-corrected chi connectivity index (χ2v) is 10.2. The number of para-hydroxylation sites is 1. The van der Waals surface area contributed by atoms with Crippen LogP contribution in [0.25, 0.3) is 0 Å². The number of hydrogen-bond acceptors (Lipinski definition) is 4. The molecule has 1 aliphatic carbocycles. The second kappa shape index (κ2) is 12.5. The fourth-order valence-electron chi connectivity index (χ4n) is 5.29. The number of anilines is 1. The van der Waals surface area contributed by atoms with E-state index in [1.165, 1.54) is 62.3 Å². The number of carbonyl (C=O) groups is 1. The number of nitrogens with zero attached hydrogens (tertiary/aromatic N) is 2. The van der Waals surface area contributed by atoms with Crippen molar-refractivity contribution in [3.8, 4) is 0 Å². The van der Waals surface area contributed by atoms with Crippen LogP contribution in [0.2, 0.25) is 0 Å². The quantitative estimate of drug-likeness (QED) is 0.273. The van der Waals surface area contributed by atoms with Crippen molar-refractivity contribution >= 4 is 53.3 Å². The number of amides is 1. The average molecular weight is 572 g/mol. The summed E-state index contributed by atoms with van der Waals surface area (Å²) < 4.78 is 0. The van der Waals surface area contributed by atoms with E-state index in [0.717, 1.165) is 24.7 Å². The highest BCUT2D eigenvalue weighted by Gasteiger charge is 2.38. The first-order valence-electron chi connectivity index (χ1n) is 11.9. The lowest BCUT2D eigenvalue weighted by atomic mass is 9.80. The molecule has 8 heteroatoms. The summed E-state index contributed by atoms with van der Waals surface area (Å²) in [5.41, 5.74) is 2.37. The van der Waals surface area contributed by atoms with Gasteiger partial charge in [0, 0.05) is 61.2 Å². The number of rotatable bonds is 6. The molecule has 0 radical (unpaired) electrons. The monoisotopic (exact) mass is 571 g/mol. The molecule has 2 aliphatic heterocycles. The van der Waals surface area contributed by atoms with Crippen LogP contribution in [0.15, 0.2) is 29.3 Å². The van der Waals surface area contributed by atoms with Gasteiger partial charge >= 0.3 is 0 Å². The first kappa shape index (κ1) is 25.6. The van der Waals surface area contributed by atoms with Crippen molar-refractivity contribution in [2.24, 2.45) is 4.99 Å². The zero-order chi connectivity index (χ0) is 21.5. The molecule has 2 heterocycles. The summed E-state index contributed by atoms with van der Waals surface area (Å²) in [7, 11) is 0. The van der Waals surface area contributed by atoms with E-state index in [1.54, 1.807) is 0 Å². The van der Waals surface area contributed by atoms with Crippen molar-refractivity contribution in [2.75, 3.05) is 49.5 Å². The van der Waals surface area contributed by atoms with E-state index in [1.807, 2.05) is 18.2 Å². The van der Waals surface area contributed by atoms with Gasteiger partial charge in [-0.25, -0.2) is 0 Å². The molecule has 3 N–H and O–H groups in total. The van der Waals surface area contributed by atoms with Gasteiger partial charge in [-0.05, 0) is 31.4 Å². The van der Waals surface area contributed by atoms with Crippen molar-refractivity contribution < 1.29 is 4.79 Å². The maximum atomic E-state index is 12.2. The van der Waals surface area contributed by atoms with Crippen LogP contribution in [0.3, 0.4) is 0 Å². The third-order valence-electron chi connectivity index (χ3n) is 6.96. The van der Waals surface area contributed by atoms with Gasteiger partial charge in [-0.3, -0.25) is 14.7 Å². The van der Waals surface area contributed by atoms with Crippen LogP contribution in [0.4, 0.5) is 5.69 Å². The van der Waals surface area contributed by atoms with Crippen LogP contribution >= 0.6 is 35.7 Å². The summed E-state index contributed by atoms with van der Waals surface area (Å²) in [6.07, 6.45) is 7.02. The molecule has 32 heavy (non-hydrogen) atoms. The minimum absolute atomic E-state index is 0. The topological polar surface area (TPSA) is 68.8 Å². The number of hydrogen-bond donors (Lipinski definition) is 3. The minimum atomic E-state index is 0. The number of thioether (sulfide) groups is 1. The SMILES string of the molecule is CCNC(=NCC1(N2CCSCC2)CCCCC1)NCC1CC(=O)Nc2ccccc21.I. The van der Waals surface area contributed by atoms with Crippen LogP contribution < -0.4 is 16.0 Å². The molecule has 1 atom stereocenters. The number of aliphatic imine (C=N–C) groups is 1. The van der Waals surface area contributed by atoms with Gasteiger partial charge in [0.05, 0.1) is 6.54 Å². The Morgan fingerprint density at radius 3 is 2.69 bits per heavy atom. The first-order chi connectivity index (χ1) is 15.2. The van der Waals surface area contributed by atoms with Crippen molar-refractivity contribution in [3.63, 3.8) is 0 Å². The van der Waals surface area contributed by atoms with Gasteiger partial charge in [0.15, 0.2) is 5.96 Å². The number of guanidine groups is 1. The summed E-state index contributed by atoms with van der Waals surface area (Å²) in [6.45, 7) is 6.90. The second-order valence-electron chi connectivity index (χ2n) is 9.00. The molecular formula is C24H38IN5OS. The molecule has 1 saturated carbocycles. The van der Waals surface area contributed by atoms with Crippen LogP contribution in [-0.2, 0) is 4.79 Å². The van der Waals surface area contributed by atoms with Crippen molar-refractivity contribution in [1.29, 1.82) is 0 Å². The number of carbonyl (C=O) groups excluding carboxylic acids is 1. The lowest BCUT2D eigenvalue weighted by molar-refractivity contribution is -0.116. The fourth-order valence-corrected chi connectivity index (χ4v) is 6.20. The highest BCUT2D eigenvalue weighted by Crippen LogP contribution is 2.36. The molecule has 0 spiro atoms. The van der Waals surface area contributed by atoms with Gasteiger partial charge in [-0.15, -0.1) is 24.0 Å². The Bertz CT molecular complexity index is 777. The summed E-state index contributed by atoms with van der Waals surface area (Å²) in [5.74, 6) is 3.62. The number of halogens is 1. The maximum Gasteiger partial charge on any atom is 0.225 e. The summed E-state index contributed by atoms with van der Waals surface area (Å²) in [4.78, 5) is 20.0. The summed E-state index contributed by atoms with van der Waals surface area (Å²) in [5, 5.41) is 9.97. The molecule has 1 aromatic rings. The van der Waals surface area contributed by atoms with Gasteiger partial charge in [0.2, 0.25) is 5.91 Å². The third kappa shape index (κ3) is 6.32. The molecule has 178 valence electrons. The molecule has 6 nitrogen and oxygen atoms in total. The minimum Gasteiger partial charge on any atom is -0.357 e. The van der Waals surface area contributed by atoms with E-state index in [9.17, 15) is 4.79 Å². The Balaban J connectivity index is 0.00000289. The van der Waals surface area contributed by atoms with Crippen molar-refractivity contribution in [2.45, 2.75) is 56.9 Å². The van der Waals surface area contributed by atoms with Crippen LogP contribution in [0, 0.1) is 0 Å². The normalized spacial score (nSPS) is 23.5. The average Bonchev–Trinajstić information content (AvgIpc) is 2.82. The largest absolute Gasteiger partial charge is 0.357 e. The van der Waals surface area contributed by atoms with Gasteiger partial charge < -0.3 is 16.0 Å². The van der Waals surface area contributed by atoms with Gasteiger partial charge in [0.25, 0.3) is 0 Å². The Morgan fingerprint density at radius 2 is 1.94 bits per heavy atom. The standard InChI is InChI=1S/C24H37N5OS.HI/c1-2-25-23(26-17-19-16-22(30)28-21-9-5-4-8-20(19)21)27-18-24(10-6-3-7-11-24)29-12-14-31-15-13-29;/h4-5,8-9,19H,2-3,6-7,10-18H2,1H3,(H,28,30)(H2,25,26,27);1H. The highest BCUT2D eigenvalue weighted by atomic mass is 127. The lowest BCUT2D eigenvalue weighted by Gasteiger charge is -2.47. The van der Waals surface area contributed by atoms with Gasteiger partial charge in [-0.1, -0.05) is 37.5 Å². The molecule has 1 saturated heterocycles. The summed E-state index contributed by atoms with van der Waals surface area (Å²) in [6, 6.07) is 8.13. The maximum absolute atomic E-state index is 12.2. The Hall–Kier alpha value is -1.000. The fraction of sp³-hybridized carbons (Fsp3) is 0.667. The van der Waals surface area contributed by atoms with Gasteiger partial charge in [0.1, 0.15) is 0 Å². The van der Waals surface area contributed by atoms with Crippen LogP contribution in [-0.4, -0.2) is 66.5 Å². The van der Waals surface area contributed by atoms with E-state index in [4.69, 9.17) is 4.99 Å². The van der Waals surface area contributed by atoms with E-state index >= 15 is 0 Å². The molecule has 0 bridgehead atoms. The Kier molecular flexibility index (Phi) is 9.98. The molecule has 1 amide bonds. The molecule has 3 aliphatic rings. The third-order valence-corrected chi connectivity index (χ3v) is 7.91. The van der Waals surface area contributed by atoms with E-state index in [-0.39, 0.29) is 41.3 Å². The van der Waals surface area contributed by atoms with Crippen LogP contribution in [0.1, 0.15) is 56.9 Å². The predicted molar refractivity (Wildman–Crippen MR) is 147 cm³/mol. The molecule has 4 rings (SSSR count). The van der Waals surface area contributed by atoms with E-state index in [2.05, 4.69) is 45.6 Å². The zero-order valence-corrected chi connectivity index (χ0v) is 22.3. The molecule has 0 aromatic heterocycles. The van der Waals surface area contributed by atoms with Crippen molar-refractivity contribution in [1.82, 2.24) is 15.5 Å². The lowest BCUT2D eigenvalue weighted by Crippen LogP contribution is -2.55. The van der Waals surface area contributed by atoms with Crippen LogP contribution in [0.5, 0.6) is 0 Å². The van der Waals surface area contributed by atoms with Crippen molar-refractivity contribution in [3.05, 3.63) is 29.8 Å². The predicted octanol–water partition coefficient (Wildman–Crippen LogP) is 4.04. The van der Waals surface area contributed by atoms with Gasteiger partial charge in [-0.2, -0.15) is 11.8 Å². The van der Waals surface area contributed by atoms with E-state index < -0.39 is 0 Å². The van der Waals surface area contributed by atoms with E-state index in [0.29, 0.717) is 13.0 Å². The number of nitrogens with one attached hydrogen (secondary N) is 3. The highest BCUT2D eigenvalue weighted by molar-refractivity contribution is 14.0. The Morgan fingerprint density at radius 1 is 1.19 bits per heavy atom. The first-order valence-corrected chi connectivity index (χ1v) is 13.1. The number of fused-ring (bicyclic) bond motifs is 1. The zero-order valence-electron chi connectivity index (χ0n) is 19.2.